The van der Waals surface area contributed by atoms with Gasteiger partial charge in [-0.2, -0.15) is 0 Å². The molecule has 40 heavy (non-hydrogen) atoms. The van der Waals surface area contributed by atoms with Crippen LogP contribution in [0.15, 0.2) is 61.3 Å². The van der Waals surface area contributed by atoms with Crippen LogP contribution in [0.3, 0.4) is 0 Å². The van der Waals surface area contributed by atoms with Crippen molar-refractivity contribution in [1.29, 1.82) is 0 Å². The summed E-state index contributed by atoms with van der Waals surface area (Å²) in [5.74, 6) is -4.28. The molecule has 7 N–H and O–H groups in total. The van der Waals surface area contributed by atoms with Crippen LogP contribution in [-0.2, 0) is 28.7 Å². The van der Waals surface area contributed by atoms with Crippen molar-refractivity contribution < 1.29 is 64.5 Å². The summed E-state index contributed by atoms with van der Waals surface area (Å²) >= 11 is 0. The molecule has 0 spiro atoms. The maximum absolute atomic E-state index is 11.3. The molecule has 0 aromatic heterocycles. The summed E-state index contributed by atoms with van der Waals surface area (Å²) in [5, 5.41) is 58.9. The number of hydrogen-bond donors (Lipinski definition) is 7. The van der Waals surface area contributed by atoms with Crippen molar-refractivity contribution in [2.45, 2.75) is 46.6 Å². The monoisotopic (exact) mass is 574 g/mol. The number of aliphatic carboxylic acids is 4. The summed E-state index contributed by atoms with van der Waals surface area (Å²) in [6, 6.07) is 0. The Bertz CT molecular complexity index is 825. The van der Waals surface area contributed by atoms with Crippen LogP contribution in [0.5, 0.6) is 0 Å². The van der Waals surface area contributed by atoms with E-state index in [1.54, 1.807) is 6.92 Å². The molecule has 1 heterocycles. The van der Waals surface area contributed by atoms with Gasteiger partial charge in [0.1, 0.15) is 6.10 Å². The molecule has 13 heteroatoms. The van der Waals surface area contributed by atoms with E-state index >= 15 is 0 Å². The van der Waals surface area contributed by atoms with Gasteiger partial charge in [0.25, 0.3) is 0 Å². The third-order valence-corrected chi connectivity index (χ3v) is 4.83. The minimum Gasteiger partial charge on any atom is -0.478 e. The fourth-order valence-electron chi connectivity index (χ4n) is 2.02. The predicted molar refractivity (Wildman–Crippen MR) is 146 cm³/mol. The van der Waals surface area contributed by atoms with E-state index in [9.17, 15) is 39.3 Å². The van der Waals surface area contributed by atoms with Crippen molar-refractivity contribution >= 4 is 29.8 Å². The molecule has 1 aliphatic rings. The Labute approximate surface area is 233 Å². The van der Waals surface area contributed by atoms with Crippen LogP contribution in [0.4, 0.5) is 0 Å². The lowest BCUT2D eigenvalue weighted by molar-refractivity contribution is -0.138. The molecule has 0 aromatic rings. The number of cyclic esters (lactones) is 1. The van der Waals surface area contributed by atoms with Gasteiger partial charge in [-0.25, -0.2) is 24.0 Å². The first-order chi connectivity index (χ1) is 18.2. The summed E-state index contributed by atoms with van der Waals surface area (Å²) < 4.78 is 5.03. The first kappa shape index (κ1) is 43.0. The average molecular weight is 575 g/mol. The SMILES string of the molecule is C=C(C)C(=O)O.C=C(C)C(=O)O.C=C(C)C(=O)O.C=C1C(=O)OC(C)C1CCC(CO)(CO)CO.C=CC(=O)O. The number of aliphatic hydroxyl groups excluding tert-OH is 3. The van der Waals surface area contributed by atoms with Gasteiger partial charge in [-0.1, -0.05) is 32.9 Å². The molecule has 0 amide bonds. The van der Waals surface area contributed by atoms with E-state index in [2.05, 4.69) is 32.9 Å². The summed E-state index contributed by atoms with van der Waals surface area (Å²) in [7, 11) is 0. The summed E-state index contributed by atoms with van der Waals surface area (Å²) in [6.45, 7) is 21.4. The number of carbonyl (C=O) groups is 5. The quantitative estimate of drug-likeness (QED) is 0.146. The van der Waals surface area contributed by atoms with Crippen LogP contribution in [0, 0.1) is 11.3 Å². The zero-order valence-corrected chi connectivity index (χ0v) is 23.4. The molecular weight excluding hydrogens is 532 g/mol. The van der Waals surface area contributed by atoms with Gasteiger partial charge < -0.3 is 40.5 Å². The third kappa shape index (κ3) is 22.0. The molecule has 1 rings (SSSR count). The summed E-state index contributed by atoms with van der Waals surface area (Å²) in [6.07, 6.45) is 1.57. The number of carboxylic acids is 4. The Kier molecular flexibility index (Phi) is 24.6. The van der Waals surface area contributed by atoms with E-state index in [-0.39, 0.29) is 54.5 Å². The Morgan fingerprint density at radius 3 is 1.25 bits per heavy atom. The summed E-state index contributed by atoms with van der Waals surface area (Å²) in [4.78, 5) is 49.3. The van der Waals surface area contributed by atoms with E-state index in [0.717, 1.165) is 6.08 Å². The van der Waals surface area contributed by atoms with Crippen LogP contribution >= 0.6 is 0 Å². The fraction of sp³-hybridized carbons (Fsp3) is 0.444. The van der Waals surface area contributed by atoms with Crippen LogP contribution in [0.1, 0.15) is 40.5 Å². The first-order valence-electron chi connectivity index (χ1n) is 11.4. The lowest BCUT2D eigenvalue weighted by Gasteiger charge is -2.28. The molecule has 0 saturated carbocycles. The Morgan fingerprint density at radius 2 is 1.10 bits per heavy atom. The van der Waals surface area contributed by atoms with Crippen LogP contribution < -0.4 is 0 Å². The van der Waals surface area contributed by atoms with Crippen molar-refractivity contribution in [2.24, 2.45) is 11.3 Å². The third-order valence-electron chi connectivity index (χ3n) is 4.83. The van der Waals surface area contributed by atoms with E-state index in [4.69, 9.17) is 25.2 Å². The molecule has 13 nitrogen and oxygen atoms in total. The summed E-state index contributed by atoms with van der Waals surface area (Å²) in [5.41, 5.74) is 0.0614. The highest BCUT2D eigenvalue weighted by molar-refractivity contribution is 5.90. The molecule has 0 bridgehead atoms. The first-order valence-corrected chi connectivity index (χ1v) is 11.4. The van der Waals surface area contributed by atoms with E-state index in [1.807, 2.05) is 0 Å². The molecule has 1 saturated heterocycles. The topological polar surface area (TPSA) is 236 Å². The van der Waals surface area contributed by atoms with E-state index < -0.39 is 29.3 Å². The lowest BCUT2D eigenvalue weighted by Crippen LogP contribution is -2.34. The van der Waals surface area contributed by atoms with Gasteiger partial charge in [-0.05, 0) is 40.5 Å². The highest BCUT2D eigenvalue weighted by Gasteiger charge is 2.38. The minimum absolute atomic E-state index is 0.105. The fourth-order valence-corrected chi connectivity index (χ4v) is 2.02. The van der Waals surface area contributed by atoms with Gasteiger partial charge in [-0.15, -0.1) is 0 Å². The smallest absolute Gasteiger partial charge is 0.334 e. The van der Waals surface area contributed by atoms with E-state index in [0.29, 0.717) is 18.4 Å². The Balaban J connectivity index is -0.000000233. The van der Waals surface area contributed by atoms with Gasteiger partial charge in [0, 0.05) is 39.7 Å². The number of esters is 1. The maximum Gasteiger partial charge on any atom is 0.334 e. The Morgan fingerprint density at radius 1 is 0.825 bits per heavy atom. The van der Waals surface area contributed by atoms with Crippen molar-refractivity contribution in [1.82, 2.24) is 0 Å². The van der Waals surface area contributed by atoms with Crippen LogP contribution in [-0.4, -0.2) is 91.5 Å². The molecule has 228 valence electrons. The van der Waals surface area contributed by atoms with Gasteiger partial charge in [0.05, 0.1) is 19.8 Å². The molecule has 1 fully saturated rings. The zero-order valence-electron chi connectivity index (χ0n) is 23.4. The van der Waals surface area contributed by atoms with Crippen molar-refractivity contribution in [3.05, 3.63) is 61.3 Å². The minimum atomic E-state index is -0.981. The number of hydrogen-bond acceptors (Lipinski definition) is 9. The molecule has 2 atom stereocenters. The number of ether oxygens (including phenoxy) is 1. The van der Waals surface area contributed by atoms with E-state index in [1.165, 1.54) is 20.8 Å². The maximum atomic E-state index is 11.3. The van der Waals surface area contributed by atoms with Gasteiger partial charge in [0.2, 0.25) is 0 Å². The van der Waals surface area contributed by atoms with Crippen molar-refractivity contribution in [3.63, 3.8) is 0 Å². The highest BCUT2D eigenvalue weighted by atomic mass is 16.5. The van der Waals surface area contributed by atoms with Gasteiger partial charge in [0.15, 0.2) is 0 Å². The molecule has 1 aliphatic heterocycles. The second kappa shape index (κ2) is 22.9. The largest absolute Gasteiger partial charge is 0.478 e. The molecule has 0 aromatic carbocycles. The van der Waals surface area contributed by atoms with Crippen LogP contribution in [0.25, 0.3) is 0 Å². The molecular formula is C27H42O13. The predicted octanol–water partition coefficient (Wildman–Crippen LogP) is 2.05. The number of carboxylic acid groups (broad SMARTS) is 4. The normalized spacial score (nSPS) is 14.9. The van der Waals surface area contributed by atoms with Crippen molar-refractivity contribution in [3.8, 4) is 0 Å². The second-order valence-electron chi connectivity index (χ2n) is 8.55. The molecule has 2 unspecified atom stereocenters. The van der Waals surface area contributed by atoms with Gasteiger partial charge >= 0.3 is 29.8 Å². The molecule has 0 aliphatic carbocycles. The second-order valence-corrected chi connectivity index (χ2v) is 8.55. The standard InChI is InChI=1S/C12H20O5.3C4H6O2.C3H4O2/c1-8-10(9(2)17-11(8)16)3-4-12(5-13,6-14)7-15;3*1-3(2)4(5)6;1-2-3(4)5/h9-10,13-15H,1,3-7H2,2H3;3*1H2,2H3,(H,5,6);2H,1H2,(H,4,5). The number of rotatable bonds is 10. The molecule has 0 radical (unpaired) electrons. The highest BCUT2D eigenvalue weighted by Crippen LogP contribution is 2.34. The lowest BCUT2D eigenvalue weighted by atomic mass is 9.81. The van der Waals surface area contributed by atoms with Gasteiger partial charge in [-0.3, -0.25) is 0 Å². The Hall–Kier alpha value is -4.07. The average Bonchev–Trinajstić information content (AvgIpc) is 3.12. The number of aliphatic hydroxyl groups is 3. The van der Waals surface area contributed by atoms with Crippen molar-refractivity contribution in [2.75, 3.05) is 19.8 Å². The zero-order chi connectivity index (χ0) is 32.8. The number of carbonyl (C=O) groups excluding carboxylic acids is 1. The van der Waals surface area contributed by atoms with Crippen LogP contribution in [0.2, 0.25) is 0 Å².